The Balaban J connectivity index is 2.89. The molecular formula is C13H20FNO. The molecule has 3 heteroatoms. The zero-order valence-electron chi connectivity index (χ0n) is 10.2. The molecule has 0 radical (unpaired) electrons. The molecule has 1 atom stereocenters. The lowest BCUT2D eigenvalue weighted by molar-refractivity contribution is 0.129. The summed E-state index contributed by atoms with van der Waals surface area (Å²) in [5, 5.41) is 0. The summed E-state index contributed by atoms with van der Waals surface area (Å²) in [6.07, 6.45) is 1.44. The molecule has 1 aromatic carbocycles. The molecule has 16 heavy (non-hydrogen) atoms. The van der Waals surface area contributed by atoms with Crippen LogP contribution in [0.3, 0.4) is 0 Å². The average Bonchev–Trinajstić information content (AvgIpc) is 2.24. The summed E-state index contributed by atoms with van der Waals surface area (Å²) in [6.45, 7) is 4.48. The number of nitrogens with two attached hydrogens (primary N) is 1. The molecule has 0 aromatic heterocycles. The van der Waals surface area contributed by atoms with E-state index in [9.17, 15) is 4.39 Å². The van der Waals surface area contributed by atoms with Crippen LogP contribution in [-0.2, 0) is 11.2 Å². The van der Waals surface area contributed by atoms with Crippen LogP contribution in [0.5, 0.6) is 0 Å². The molecule has 0 amide bonds. The Bertz CT molecular complexity index is 354. The third-order valence-electron chi connectivity index (χ3n) is 2.99. The van der Waals surface area contributed by atoms with E-state index in [-0.39, 0.29) is 5.82 Å². The number of rotatable bonds is 5. The normalized spacial score (nSPS) is 14.8. The molecule has 0 aliphatic carbocycles. The molecule has 0 fully saturated rings. The fraction of sp³-hybridized carbons (Fsp3) is 0.538. The van der Waals surface area contributed by atoms with Gasteiger partial charge in [-0.05, 0) is 43.0 Å². The molecule has 2 nitrogen and oxygen atoms in total. The van der Waals surface area contributed by atoms with Gasteiger partial charge in [0.15, 0.2) is 0 Å². The molecule has 90 valence electrons. The molecule has 0 saturated heterocycles. The summed E-state index contributed by atoms with van der Waals surface area (Å²) in [4.78, 5) is 0. The van der Waals surface area contributed by atoms with Crippen molar-refractivity contribution in [3.05, 3.63) is 35.1 Å². The van der Waals surface area contributed by atoms with Gasteiger partial charge in [0, 0.05) is 12.6 Å². The number of methoxy groups -OCH3 is 1. The lowest BCUT2D eigenvalue weighted by Gasteiger charge is -2.28. The molecule has 0 spiro atoms. The first kappa shape index (κ1) is 13.1. The van der Waals surface area contributed by atoms with Gasteiger partial charge in [-0.25, -0.2) is 4.39 Å². The second kappa shape index (κ2) is 5.41. The van der Waals surface area contributed by atoms with Crippen molar-refractivity contribution in [3.8, 4) is 0 Å². The molecule has 2 N–H and O–H groups in total. The lowest BCUT2D eigenvalue weighted by atomic mass is 9.88. The van der Waals surface area contributed by atoms with Gasteiger partial charge in [0.05, 0.1) is 6.61 Å². The Morgan fingerprint density at radius 1 is 1.44 bits per heavy atom. The first-order valence-electron chi connectivity index (χ1n) is 5.53. The summed E-state index contributed by atoms with van der Waals surface area (Å²) >= 11 is 0. The number of aryl methyl sites for hydroxylation is 1. The summed E-state index contributed by atoms with van der Waals surface area (Å²) in [7, 11) is 1.63. The van der Waals surface area contributed by atoms with E-state index in [2.05, 4.69) is 0 Å². The molecule has 1 unspecified atom stereocenters. The van der Waals surface area contributed by atoms with E-state index in [4.69, 9.17) is 10.5 Å². The van der Waals surface area contributed by atoms with Gasteiger partial charge in [-0.3, -0.25) is 0 Å². The second-order valence-corrected chi connectivity index (χ2v) is 4.40. The van der Waals surface area contributed by atoms with Gasteiger partial charge in [0.25, 0.3) is 0 Å². The maximum atomic E-state index is 13.1. The molecule has 0 bridgehead atoms. The van der Waals surface area contributed by atoms with Crippen molar-refractivity contribution in [1.29, 1.82) is 0 Å². The topological polar surface area (TPSA) is 35.2 Å². The second-order valence-electron chi connectivity index (χ2n) is 4.40. The first-order valence-corrected chi connectivity index (χ1v) is 5.53. The number of halogens is 1. The standard InChI is InChI=1S/C13H20FNO/c1-4-13(15,9-16-3)8-11-7-12(14)6-5-10(11)2/h5-7H,4,8-9,15H2,1-3H3. The zero-order chi connectivity index (χ0) is 12.2. The van der Waals surface area contributed by atoms with Gasteiger partial charge in [-0.1, -0.05) is 13.0 Å². The Hall–Kier alpha value is -0.930. The van der Waals surface area contributed by atoms with Crippen molar-refractivity contribution in [2.24, 2.45) is 5.73 Å². The van der Waals surface area contributed by atoms with Crippen LogP contribution in [-0.4, -0.2) is 19.3 Å². The summed E-state index contributed by atoms with van der Waals surface area (Å²) in [5.74, 6) is -0.212. The van der Waals surface area contributed by atoms with Crippen molar-refractivity contribution in [1.82, 2.24) is 0 Å². The van der Waals surface area contributed by atoms with Crippen molar-refractivity contribution in [2.45, 2.75) is 32.2 Å². The van der Waals surface area contributed by atoms with Gasteiger partial charge in [-0.2, -0.15) is 0 Å². The third kappa shape index (κ3) is 3.29. The van der Waals surface area contributed by atoms with E-state index in [1.807, 2.05) is 13.8 Å². The number of ether oxygens (including phenoxy) is 1. The predicted molar refractivity (Wildman–Crippen MR) is 63.9 cm³/mol. The summed E-state index contributed by atoms with van der Waals surface area (Å²) in [6, 6.07) is 4.81. The molecule has 0 aliphatic rings. The van der Waals surface area contributed by atoms with Crippen LogP contribution in [0.1, 0.15) is 24.5 Å². The maximum absolute atomic E-state index is 13.1. The van der Waals surface area contributed by atoms with Crippen LogP contribution in [0.2, 0.25) is 0 Å². The van der Waals surface area contributed by atoms with Crippen LogP contribution in [0.4, 0.5) is 4.39 Å². The molecule has 1 rings (SSSR count). The molecule has 0 heterocycles. The van der Waals surface area contributed by atoms with E-state index in [1.54, 1.807) is 19.2 Å². The van der Waals surface area contributed by atoms with E-state index < -0.39 is 5.54 Å². The first-order chi connectivity index (χ1) is 7.50. The predicted octanol–water partition coefficient (Wildman–Crippen LogP) is 2.43. The largest absolute Gasteiger partial charge is 0.383 e. The Morgan fingerprint density at radius 2 is 2.12 bits per heavy atom. The SMILES string of the molecule is CCC(N)(COC)Cc1cc(F)ccc1C. The van der Waals surface area contributed by atoms with Gasteiger partial charge in [0.2, 0.25) is 0 Å². The number of hydrogen-bond donors (Lipinski definition) is 1. The van der Waals surface area contributed by atoms with E-state index in [0.29, 0.717) is 13.0 Å². The fourth-order valence-corrected chi connectivity index (χ4v) is 1.78. The van der Waals surface area contributed by atoms with Crippen molar-refractivity contribution in [3.63, 3.8) is 0 Å². The highest BCUT2D eigenvalue weighted by molar-refractivity contribution is 5.28. The molecule has 1 aromatic rings. The molecular weight excluding hydrogens is 205 g/mol. The zero-order valence-corrected chi connectivity index (χ0v) is 10.2. The van der Waals surface area contributed by atoms with Crippen LogP contribution in [0, 0.1) is 12.7 Å². The van der Waals surface area contributed by atoms with Crippen LogP contribution < -0.4 is 5.73 Å². The molecule has 0 saturated carbocycles. The van der Waals surface area contributed by atoms with Crippen LogP contribution in [0.25, 0.3) is 0 Å². The maximum Gasteiger partial charge on any atom is 0.123 e. The monoisotopic (exact) mass is 225 g/mol. The molecule has 0 aliphatic heterocycles. The van der Waals surface area contributed by atoms with Crippen molar-refractivity contribution < 1.29 is 9.13 Å². The average molecular weight is 225 g/mol. The minimum absolute atomic E-state index is 0.212. The van der Waals surface area contributed by atoms with Crippen LogP contribution >= 0.6 is 0 Å². The quantitative estimate of drug-likeness (QED) is 0.835. The highest BCUT2D eigenvalue weighted by atomic mass is 19.1. The smallest absolute Gasteiger partial charge is 0.123 e. The highest BCUT2D eigenvalue weighted by Gasteiger charge is 2.24. The van der Waals surface area contributed by atoms with Gasteiger partial charge >= 0.3 is 0 Å². The number of benzene rings is 1. The highest BCUT2D eigenvalue weighted by Crippen LogP contribution is 2.19. The Kier molecular flexibility index (Phi) is 4.44. The minimum Gasteiger partial charge on any atom is -0.383 e. The third-order valence-corrected chi connectivity index (χ3v) is 2.99. The van der Waals surface area contributed by atoms with E-state index in [0.717, 1.165) is 17.5 Å². The summed E-state index contributed by atoms with van der Waals surface area (Å²) < 4.78 is 18.3. The lowest BCUT2D eigenvalue weighted by Crippen LogP contribution is -2.46. The minimum atomic E-state index is -0.409. The van der Waals surface area contributed by atoms with E-state index in [1.165, 1.54) is 6.07 Å². The Labute approximate surface area is 96.6 Å². The van der Waals surface area contributed by atoms with Gasteiger partial charge < -0.3 is 10.5 Å². The Morgan fingerprint density at radius 3 is 2.69 bits per heavy atom. The van der Waals surface area contributed by atoms with Gasteiger partial charge in [0.1, 0.15) is 5.82 Å². The summed E-state index contributed by atoms with van der Waals surface area (Å²) in [5.41, 5.74) is 7.83. The number of hydrogen-bond acceptors (Lipinski definition) is 2. The van der Waals surface area contributed by atoms with Crippen LogP contribution in [0.15, 0.2) is 18.2 Å². The van der Waals surface area contributed by atoms with Gasteiger partial charge in [-0.15, -0.1) is 0 Å². The van der Waals surface area contributed by atoms with Crippen molar-refractivity contribution in [2.75, 3.05) is 13.7 Å². The van der Waals surface area contributed by atoms with E-state index >= 15 is 0 Å². The fourth-order valence-electron chi connectivity index (χ4n) is 1.78. The van der Waals surface area contributed by atoms with Crippen molar-refractivity contribution >= 4 is 0 Å².